The van der Waals surface area contributed by atoms with Gasteiger partial charge in [-0.3, -0.25) is 4.79 Å². The summed E-state index contributed by atoms with van der Waals surface area (Å²) in [6.45, 7) is 4.29. The number of thiophene rings is 1. The zero-order valence-electron chi connectivity index (χ0n) is 11.4. The fourth-order valence-corrected chi connectivity index (χ4v) is 4.31. The summed E-state index contributed by atoms with van der Waals surface area (Å²) in [6, 6.07) is 14.4. The first-order valence-corrected chi connectivity index (χ1v) is 7.69. The Morgan fingerprint density at radius 1 is 0.950 bits per heavy atom. The molecule has 0 unspecified atom stereocenters. The van der Waals surface area contributed by atoms with Gasteiger partial charge in [0.25, 0.3) is 0 Å². The number of ketones is 1. The predicted octanol–water partition coefficient (Wildman–Crippen LogP) is 5.24. The maximum atomic E-state index is 12.9. The Hall–Kier alpha value is -1.93. The smallest absolute Gasteiger partial charge is 0.196 e. The number of fused-ring (bicyclic) bond motifs is 5. The lowest BCUT2D eigenvalue weighted by molar-refractivity contribution is 0.104. The van der Waals surface area contributed by atoms with Gasteiger partial charge in [0.2, 0.25) is 0 Å². The van der Waals surface area contributed by atoms with Crippen molar-refractivity contribution in [3.63, 3.8) is 0 Å². The molecule has 0 saturated carbocycles. The van der Waals surface area contributed by atoms with Crippen LogP contribution in [0.1, 0.15) is 41.3 Å². The van der Waals surface area contributed by atoms with Crippen molar-refractivity contribution in [2.45, 2.75) is 19.8 Å². The van der Waals surface area contributed by atoms with Crippen molar-refractivity contribution in [1.82, 2.24) is 0 Å². The van der Waals surface area contributed by atoms with Crippen molar-refractivity contribution in [3.8, 4) is 10.4 Å². The van der Waals surface area contributed by atoms with Crippen LogP contribution in [0.15, 0.2) is 42.5 Å². The Labute approximate surface area is 121 Å². The van der Waals surface area contributed by atoms with Gasteiger partial charge in [0.1, 0.15) is 0 Å². The first-order valence-electron chi connectivity index (χ1n) is 6.88. The first-order chi connectivity index (χ1) is 9.68. The topological polar surface area (TPSA) is 17.1 Å². The first kappa shape index (κ1) is 11.9. The minimum atomic E-state index is 0.205. The molecule has 0 amide bonds. The van der Waals surface area contributed by atoms with Crippen molar-refractivity contribution >= 4 is 27.2 Å². The van der Waals surface area contributed by atoms with Gasteiger partial charge >= 0.3 is 0 Å². The molecular formula is C18H14OS. The summed E-state index contributed by atoms with van der Waals surface area (Å²) in [6.07, 6.45) is 0. The number of hydrogen-bond acceptors (Lipinski definition) is 2. The fraction of sp³-hybridized carbons (Fsp3) is 0.167. The molecule has 2 heteroatoms. The summed E-state index contributed by atoms with van der Waals surface area (Å²) in [5, 5.41) is 1.10. The van der Waals surface area contributed by atoms with Gasteiger partial charge in [-0.15, -0.1) is 11.3 Å². The summed E-state index contributed by atoms with van der Waals surface area (Å²) in [7, 11) is 0. The highest BCUT2D eigenvalue weighted by atomic mass is 32.1. The van der Waals surface area contributed by atoms with E-state index in [4.69, 9.17) is 0 Å². The molecule has 0 atom stereocenters. The van der Waals surface area contributed by atoms with Crippen LogP contribution in [-0.2, 0) is 0 Å². The molecule has 0 fully saturated rings. The Morgan fingerprint density at radius 2 is 1.75 bits per heavy atom. The zero-order valence-corrected chi connectivity index (χ0v) is 12.3. The molecule has 1 nitrogen and oxygen atoms in total. The maximum absolute atomic E-state index is 12.9. The number of hydrogen-bond donors (Lipinski definition) is 0. The molecule has 0 bridgehead atoms. The van der Waals surface area contributed by atoms with Gasteiger partial charge in [-0.05, 0) is 17.5 Å². The highest BCUT2D eigenvalue weighted by Crippen LogP contribution is 2.47. The largest absolute Gasteiger partial charge is 0.288 e. The van der Waals surface area contributed by atoms with Crippen molar-refractivity contribution in [2.75, 3.05) is 0 Å². The molecule has 1 aromatic heterocycles. The molecule has 1 aliphatic carbocycles. The lowest BCUT2D eigenvalue weighted by Gasteiger charge is -2.10. The van der Waals surface area contributed by atoms with E-state index in [2.05, 4.69) is 44.2 Å². The molecule has 4 rings (SSSR count). The van der Waals surface area contributed by atoms with E-state index in [1.54, 1.807) is 11.3 Å². The van der Waals surface area contributed by atoms with Crippen LogP contribution in [0.4, 0.5) is 0 Å². The number of carbonyl (C=O) groups is 1. The third-order valence-electron chi connectivity index (χ3n) is 4.01. The molecule has 1 aliphatic rings. The second-order valence-electron chi connectivity index (χ2n) is 5.56. The highest BCUT2D eigenvalue weighted by molar-refractivity contribution is 7.23. The monoisotopic (exact) mass is 278 g/mol. The molecule has 2 aromatic carbocycles. The van der Waals surface area contributed by atoms with E-state index in [1.807, 2.05) is 12.1 Å². The SMILES string of the molecule is CC(C)c1cccc2c1C(=O)c1c-2sc2ccccc12. The molecule has 20 heavy (non-hydrogen) atoms. The fourth-order valence-electron chi connectivity index (χ4n) is 3.08. The van der Waals surface area contributed by atoms with E-state index in [1.165, 1.54) is 10.3 Å². The molecule has 0 aliphatic heterocycles. The molecule has 0 spiro atoms. The van der Waals surface area contributed by atoms with Gasteiger partial charge in [-0.2, -0.15) is 0 Å². The number of carbonyl (C=O) groups excluding carboxylic acids is 1. The van der Waals surface area contributed by atoms with Gasteiger partial charge in [0, 0.05) is 31.7 Å². The molecule has 98 valence electrons. The average Bonchev–Trinajstić information content (AvgIpc) is 2.96. The zero-order chi connectivity index (χ0) is 13.9. The van der Waals surface area contributed by atoms with Crippen LogP contribution in [-0.4, -0.2) is 5.78 Å². The van der Waals surface area contributed by atoms with Crippen molar-refractivity contribution in [1.29, 1.82) is 0 Å². The van der Waals surface area contributed by atoms with E-state index >= 15 is 0 Å². The normalized spacial score (nSPS) is 13.1. The van der Waals surface area contributed by atoms with Gasteiger partial charge in [-0.25, -0.2) is 0 Å². The summed E-state index contributed by atoms with van der Waals surface area (Å²) in [5.41, 5.74) is 4.13. The third-order valence-corrected chi connectivity index (χ3v) is 5.22. The van der Waals surface area contributed by atoms with E-state index in [0.29, 0.717) is 5.92 Å². The summed E-state index contributed by atoms with van der Waals surface area (Å²) >= 11 is 1.73. The van der Waals surface area contributed by atoms with Gasteiger partial charge in [0.15, 0.2) is 5.78 Å². The van der Waals surface area contributed by atoms with Gasteiger partial charge in [0.05, 0.1) is 0 Å². The number of benzene rings is 2. The van der Waals surface area contributed by atoms with Crippen molar-refractivity contribution in [3.05, 3.63) is 59.2 Å². The second-order valence-corrected chi connectivity index (χ2v) is 6.61. The van der Waals surface area contributed by atoms with Crippen LogP contribution in [0.3, 0.4) is 0 Å². The summed E-state index contributed by atoms with van der Waals surface area (Å²) in [5.74, 6) is 0.575. The Kier molecular flexibility index (Phi) is 2.39. The van der Waals surface area contributed by atoms with Crippen LogP contribution in [0.2, 0.25) is 0 Å². The van der Waals surface area contributed by atoms with Crippen LogP contribution in [0.5, 0.6) is 0 Å². The lowest BCUT2D eigenvalue weighted by atomic mass is 9.93. The Bertz CT molecular complexity index is 855. The third kappa shape index (κ3) is 1.40. The van der Waals surface area contributed by atoms with Crippen molar-refractivity contribution < 1.29 is 4.79 Å². The van der Waals surface area contributed by atoms with Gasteiger partial charge < -0.3 is 0 Å². The summed E-state index contributed by atoms with van der Waals surface area (Å²) < 4.78 is 1.20. The lowest BCUT2D eigenvalue weighted by Crippen LogP contribution is -2.02. The van der Waals surface area contributed by atoms with E-state index in [-0.39, 0.29) is 5.78 Å². The van der Waals surface area contributed by atoms with E-state index < -0.39 is 0 Å². The number of rotatable bonds is 1. The summed E-state index contributed by atoms with van der Waals surface area (Å²) in [4.78, 5) is 14.0. The minimum Gasteiger partial charge on any atom is -0.288 e. The maximum Gasteiger partial charge on any atom is 0.196 e. The van der Waals surface area contributed by atoms with Crippen LogP contribution >= 0.6 is 11.3 Å². The molecule has 0 radical (unpaired) electrons. The molecule has 0 N–H and O–H groups in total. The standard InChI is InChI=1S/C18H14OS/c1-10(2)11-7-5-8-13-15(11)17(19)16-12-6-3-4-9-14(12)20-18(13)16/h3-10H,1-2H3. The van der Waals surface area contributed by atoms with Gasteiger partial charge in [-0.1, -0.05) is 50.2 Å². The highest BCUT2D eigenvalue weighted by Gasteiger charge is 2.33. The molecule has 0 saturated heterocycles. The van der Waals surface area contributed by atoms with Crippen LogP contribution in [0, 0.1) is 0 Å². The van der Waals surface area contributed by atoms with Crippen LogP contribution in [0.25, 0.3) is 20.5 Å². The second kappa shape index (κ2) is 4.03. The quantitative estimate of drug-likeness (QED) is 0.465. The Balaban J connectivity index is 2.10. The minimum absolute atomic E-state index is 0.205. The molecule has 1 heterocycles. The predicted molar refractivity (Wildman–Crippen MR) is 84.8 cm³/mol. The van der Waals surface area contributed by atoms with Crippen LogP contribution < -0.4 is 0 Å². The average molecular weight is 278 g/mol. The van der Waals surface area contributed by atoms with E-state index in [0.717, 1.165) is 27.0 Å². The van der Waals surface area contributed by atoms with E-state index in [9.17, 15) is 4.79 Å². The Morgan fingerprint density at radius 3 is 2.55 bits per heavy atom. The van der Waals surface area contributed by atoms with Crippen molar-refractivity contribution in [2.24, 2.45) is 0 Å². The molecular weight excluding hydrogens is 264 g/mol. The molecule has 3 aromatic rings.